The normalized spacial score (nSPS) is 20.7. The van der Waals surface area contributed by atoms with Crippen LogP contribution < -0.4 is 9.64 Å². The number of carbonyl (C=O) groups is 1. The molecule has 2 fully saturated rings. The first-order chi connectivity index (χ1) is 18.4. The maximum Gasteiger partial charge on any atom is 0.236 e. The van der Waals surface area contributed by atoms with Crippen LogP contribution in [0.15, 0.2) is 90.3 Å². The summed E-state index contributed by atoms with van der Waals surface area (Å²) in [7, 11) is -2.03. The first-order valence-electron chi connectivity index (χ1n) is 12.9. The molecule has 38 heavy (non-hydrogen) atoms. The Bertz CT molecular complexity index is 1350. The van der Waals surface area contributed by atoms with Gasteiger partial charge in [0, 0.05) is 56.3 Å². The van der Waals surface area contributed by atoms with Crippen molar-refractivity contribution in [1.29, 1.82) is 0 Å². The van der Waals surface area contributed by atoms with E-state index in [1.54, 1.807) is 13.2 Å². The number of ether oxygens (including phenoxy) is 1. The first kappa shape index (κ1) is 26.0. The number of carbonyl (C=O) groups excluding carboxylic acids is 1. The number of amides is 1. The summed E-state index contributed by atoms with van der Waals surface area (Å²) in [5, 5.41) is 1.25. The van der Waals surface area contributed by atoms with E-state index in [1.807, 2.05) is 89.8 Å². The monoisotopic (exact) mass is 531 g/mol. The third kappa shape index (κ3) is 5.76. The minimum atomic E-state index is -3.68. The zero-order chi connectivity index (χ0) is 26.5. The molecule has 2 aliphatic heterocycles. The smallest absolute Gasteiger partial charge is 0.236 e. The van der Waals surface area contributed by atoms with Crippen molar-refractivity contribution in [2.24, 2.45) is 5.92 Å². The van der Waals surface area contributed by atoms with Crippen molar-refractivity contribution in [2.75, 3.05) is 51.3 Å². The molecular formula is C30H33N3O4S. The average molecular weight is 532 g/mol. The number of anilines is 1. The summed E-state index contributed by atoms with van der Waals surface area (Å²) in [6.07, 6.45) is 1.61. The lowest BCUT2D eigenvalue weighted by Gasteiger charge is -2.38. The van der Waals surface area contributed by atoms with Gasteiger partial charge >= 0.3 is 0 Å². The molecular weight excluding hydrogens is 498 g/mol. The van der Waals surface area contributed by atoms with Crippen LogP contribution in [-0.4, -0.2) is 69.9 Å². The average Bonchev–Trinajstić information content (AvgIpc) is 3.44. The van der Waals surface area contributed by atoms with Gasteiger partial charge in [0.2, 0.25) is 15.9 Å². The van der Waals surface area contributed by atoms with Crippen LogP contribution in [0.25, 0.3) is 6.08 Å². The van der Waals surface area contributed by atoms with Gasteiger partial charge in [0.15, 0.2) is 0 Å². The Morgan fingerprint density at radius 3 is 2.11 bits per heavy atom. The molecule has 0 unspecified atom stereocenters. The number of benzene rings is 3. The molecule has 2 atom stereocenters. The van der Waals surface area contributed by atoms with E-state index in [9.17, 15) is 13.2 Å². The first-order valence-corrected chi connectivity index (χ1v) is 14.4. The molecule has 7 nitrogen and oxygen atoms in total. The van der Waals surface area contributed by atoms with Crippen LogP contribution in [0.1, 0.15) is 17.0 Å². The standard InChI is InChI=1S/C30H33N3O4S/c1-37-27-14-12-26(13-15-27)31-17-19-32(20-18-31)30(34)29-23-33(22-28(29)25-10-6-3-7-11-25)38(35,36)21-16-24-8-4-2-5-9-24/h2-16,21,28-29H,17-20,22-23H2,1H3/b21-16+/t28-,29+/m0/s1. The molecule has 198 valence electrons. The summed E-state index contributed by atoms with van der Waals surface area (Å²) in [5.74, 6) is 0.222. The third-order valence-corrected chi connectivity index (χ3v) is 8.95. The summed E-state index contributed by atoms with van der Waals surface area (Å²) in [4.78, 5) is 18.0. The Kier molecular flexibility index (Phi) is 7.81. The molecule has 0 spiro atoms. The van der Waals surface area contributed by atoms with Crippen molar-refractivity contribution < 1.29 is 17.9 Å². The summed E-state index contributed by atoms with van der Waals surface area (Å²) in [5.41, 5.74) is 2.91. The van der Waals surface area contributed by atoms with E-state index in [0.29, 0.717) is 13.1 Å². The van der Waals surface area contributed by atoms with Gasteiger partial charge in [-0.3, -0.25) is 4.79 Å². The van der Waals surface area contributed by atoms with Crippen molar-refractivity contribution >= 4 is 27.7 Å². The molecule has 0 bridgehead atoms. The van der Waals surface area contributed by atoms with Gasteiger partial charge in [-0.25, -0.2) is 8.42 Å². The highest BCUT2D eigenvalue weighted by Gasteiger charge is 2.44. The fourth-order valence-electron chi connectivity index (χ4n) is 5.29. The predicted octanol–water partition coefficient (Wildman–Crippen LogP) is 4.06. The number of methoxy groups -OCH3 is 1. The van der Waals surface area contributed by atoms with Crippen LogP contribution in [0.4, 0.5) is 5.69 Å². The van der Waals surface area contributed by atoms with E-state index in [2.05, 4.69) is 4.90 Å². The molecule has 0 radical (unpaired) electrons. The van der Waals surface area contributed by atoms with E-state index in [4.69, 9.17) is 4.74 Å². The second kappa shape index (κ2) is 11.4. The van der Waals surface area contributed by atoms with E-state index in [-0.39, 0.29) is 24.9 Å². The number of hydrogen-bond donors (Lipinski definition) is 0. The number of sulfonamides is 1. The topological polar surface area (TPSA) is 70.2 Å². The van der Waals surface area contributed by atoms with E-state index >= 15 is 0 Å². The Morgan fingerprint density at radius 1 is 0.842 bits per heavy atom. The predicted molar refractivity (Wildman–Crippen MR) is 150 cm³/mol. The van der Waals surface area contributed by atoms with Crippen molar-refractivity contribution in [3.05, 3.63) is 101 Å². The molecule has 1 amide bonds. The highest BCUT2D eigenvalue weighted by Crippen LogP contribution is 2.36. The van der Waals surface area contributed by atoms with Gasteiger partial charge in [0.05, 0.1) is 13.0 Å². The molecule has 0 aliphatic carbocycles. The maximum absolute atomic E-state index is 13.8. The van der Waals surface area contributed by atoms with Gasteiger partial charge < -0.3 is 14.5 Å². The summed E-state index contributed by atoms with van der Waals surface area (Å²) in [6.45, 7) is 3.12. The number of nitrogens with zero attached hydrogens (tertiary/aromatic N) is 3. The molecule has 0 aromatic heterocycles. The van der Waals surface area contributed by atoms with Crippen molar-refractivity contribution in [1.82, 2.24) is 9.21 Å². The zero-order valence-corrected chi connectivity index (χ0v) is 22.3. The molecule has 3 aromatic carbocycles. The Balaban J connectivity index is 1.30. The van der Waals surface area contributed by atoms with Gasteiger partial charge in [-0.1, -0.05) is 60.7 Å². The lowest BCUT2D eigenvalue weighted by atomic mass is 9.88. The van der Waals surface area contributed by atoms with Gasteiger partial charge in [-0.2, -0.15) is 4.31 Å². The minimum absolute atomic E-state index is 0.0259. The highest BCUT2D eigenvalue weighted by molar-refractivity contribution is 7.92. The van der Waals surface area contributed by atoms with Crippen LogP contribution in [-0.2, 0) is 14.8 Å². The third-order valence-electron chi connectivity index (χ3n) is 7.45. The lowest BCUT2D eigenvalue weighted by molar-refractivity contribution is -0.135. The maximum atomic E-state index is 13.8. The molecule has 0 N–H and O–H groups in total. The number of rotatable bonds is 7. The van der Waals surface area contributed by atoms with Gasteiger partial charge in [-0.15, -0.1) is 0 Å². The van der Waals surface area contributed by atoms with E-state index < -0.39 is 15.9 Å². The van der Waals surface area contributed by atoms with Crippen LogP contribution in [0.5, 0.6) is 5.75 Å². The molecule has 5 rings (SSSR count). The molecule has 0 saturated carbocycles. The minimum Gasteiger partial charge on any atom is -0.497 e. The Morgan fingerprint density at radius 2 is 1.47 bits per heavy atom. The van der Waals surface area contributed by atoms with Crippen LogP contribution >= 0.6 is 0 Å². The lowest BCUT2D eigenvalue weighted by Crippen LogP contribution is -2.51. The highest BCUT2D eigenvalue weighted by atomic mass is 32.2. The van der Waals surface area contributed by atoms with Crippen molar-refractivity contribution in [2.45, 2.75) is 5.92 Å². The summed E-state index contributed by atoms with van der Waals surface area (Å²) >= 11 is 0. The summed E-state index contributed by atoms with van der Waals surface area (Å²) < 4.78 is 33.3. The molecule has 2 aliphatic rings. The van der Waals surface area contributed by atoms with Crippen LogP contribution in [0.3, 0.4) is 0 Å². The Hall–Kier alpha value is -3.62. The van der Waals surface area contributed by atoms with Crippen molar-refractivity contribution in [3.63, 3.8) is 0 Å². The number of hydrogen-bond acceptors (Lipinski definition) is 5. The van der Waals surface area contributed by atoms with Crippen LogP contribution in [0, 0.1) is 5.92 Å². The molecule has 2 heterocycles. The molecule has 8 heteroatoms. The van der Waals surface area contributed by atoms with E-state index in [1.165, 1.54) is 9.71 Å². The molecule has 3 aromatic rings. The quantitative estimate of drug-likeness (QED) is 0.460. The van der Waals surface area contributed by atoms with Gasteiger partial charge in [0.25, 0.3) is 0 Å². The molecule has 2 saturated heterocycles. The zero-order valence-electron chi connectivity index (χ0n) is 21.5. The van der Waals surface area contributed by atoms with Gasteiger partial charge in [-0.05, 0) is 41.5 Å². The van der Waals surface area contributed by atoms with Crippen LogP contribution in [0.2, 0.25) is 0 Å². The van der Waals surface area contributed by atoms with Gasteiger partial charge in [0.1, 0.15) is 5.75 Å². The fourth-order valence-corrected chi connectivity index (χ4v) is 6.53. The fraction of sp³-hybridized carbons (Fsp3) is 0.300. The summed E-state index contributed by atoms with van der Waals surface area (Å²) in [6, 6.07) is 27.1. The largest absolute Gasteiger partial charge is 0.497 e. The Labute approximate surface area is 225 Å². The van der Waals surface area contributed by atoms with E-state index in [0.717, 1.165) is 35.7 Å². The second-order valence-electron chi connectivity index (χ2n) is 9.71. The SMILES string of the molecule is COc1ccc(N2CCN(C(=O)[C@@H]3CN(S(=O)(=O)/C=C/c4ccccc4)C[C@H]3c3ccccc3)CC2)cc1. The second-order valence-corrected chi connectivity index (χ2v) is 11.5. The number of piperazine rings is 1. The van der Waals surface area contributed by atoms with Crippen molar-refractivity contribution in [3.8, 4) is 5.75 Å².